The fourth-order valence-electron chi connectivity index (χ4n) is 3.70. The van der Waals surface area contributed by atoms with Gasteiger partial charge < -0.3 is 10.4 Å². The Kier molecular flexibility index (Phi) is 6.93. The summed E-state index contributed by atoms with van der Waals surface area (Å²) < 4.78 is 14.1. The first-order valence-electron chi connectivity index (χ1n) is 11.1. The van der Waals surface area contributed by atoms with Crippen molar-refractivity contribution in [3.05, 3.63) is 102 Å². The monoisotopic (exact) mass is 457 g/mol. The molecular weight excluding hydrogens is 428 g/mol. The van der Waals surface area contributed by atoms with Crippen molar-refractivity contribution in [3.63, 3.8) is 0 Å². The van der Waals surface area contributed by atoms with Gasteiger partial charge in [-0.15, -0.1) is 0 Å². The summed E-state index contributed by atoms with van der Waals surface area (Å²) >= 11 is 0. The van der Waals surface area contributed by atoms with Crippen molar-refractivity contribution in [2.45, 2.75) is 32.9 Å². The van der Waals surface area contributed by atoms with E-state index in [1.807, 2.05) is 60.7 Å². The lowest BCUT2D eigenvalue weighted by Crippen LogP contribution is -2.36. The second kappa shape index (κ2) is 9.87. The van der Waals surface area contributed by atoms with Crippen molar-refractivity contribution in [1.82, 2.24) is 5.32 Å². The third-order valence-electron chi connectivity index (χ3n) is 5.45. The molecule has 0 spiro atoms. The molecule has 0 aliphatic rings. The number of hydrogen-bond acceptors (Lipinski definition) is 2. The second-order valence-electron chi connectivity index (χ2n) is 9.18. The van der Waals surface area contributed by atoms with Gasteiger partial charge in [-0.25, -0.2) is 4.39 Å². The highest BCUT2D eigenvalue weighted by Gasteiger charge is 2.16. The van der Waals surface area contributed by atoms with E-state index in [2.05, 4.69) is 44.3 Å². The number of rotatable bonds is 6. The average Bonchev–Trinajstić information content (AvgIpc) is 2.81. The number of aromatic hydroxyl groups is 1. The van der Waals surface area contributed by atoms with E-state index in [0.717, 1.165) is 38.4 Å². The highest BCUT2D eigenvalue weighted by molar-refractivity contribution is 7.56. The summed E-state index contributed by atoms with van der Waals surface area (Å²) in [5.41, 5.74) is 4.74. The van der Waals surface area contributed by atoms with E-state index in [-0.39, 0.29) is 25.7 Å². The molecule has 0 amide bonds. The minimum atomic E-state index is -0.249. The van der Waals surface area contributed by atoms with E-state index < -0.39 is 0 Å². The Balaban J connectivity index is 1.80. The molecule has 33 heavy (non-hydrogen) atoms. The molecule has 4 heteroatoms. The van der Waals surface area contributed by atoms with Gasteiger partial charge in [0.15, 0.2) is 0 Å². The number of hydrogen-bond donors (Lipinski definition) is 2. The molecular formula is C29H29FNOP. The summed E-state index contributed by atoms with van der Waals surface area (Å²) in [7, 11) is 0.190. The molecule has 0 aliphatic heterocycles. The van der Waals surface area contributed by atoms with Crippen molar-refractivity contribution in [2.75, 3.05) is 0 Å². The number of phenols is 1. The summed E-state index contributed by atoms with van der Waals surface area (Å²) in [5, 5.41) is 16.6. The van der Waals surface area contributed by atoms with Crippen LogP contribution in [0.5, 0.6) is 5.75 Å². The third kappa shape index (κ3) is 5.87. The number of halogens is 1. The van der Waals surface area contributed by atoms with Crippen molar-refractivity contribution in [2.24, 2.45) is 0 Å². The highest BCUT2D eigenvalue weighted by atomic mass is 31.1. The van der Waals surface area contributed by atoms with Gasteiger partial charge in [0.1, 0.15) is 11.6 Å². The molecule has 2 N–H and O–H groups in total. The molecule has 1 unspecified atom stereocenters. The van der Waals surface area contributed by atoms with Crippen molar-refractivity contribution in [1.29, 1.82) is 0 Å². The Bertz CT molecular complexity index is 1230. The van der Waals surface area contributed by atoms with E-state index in [1.165, 1.54) is 6.07 Å². The fraction of sp³-hybridized carbons (Fsp3) is 0.172. The zero-order chi connectivity index (χ0) is 23.4. The first kappa shape index (κ1) is 23.2. The first-order valence-corrected chi connectivity index (χ1v) is 12.1. The Hall–Kier alpha value is -3.00. The van der Waals surface area contributed by atoms with E-state index in [9.17, 15) is 9.50 Å². The SMILES string of the molecule is CC(C)(C)NCc1cc(F)ccc1Pc1cc(-c2ccccc2)cc(-c2ccccc2)c1O. The summed E-state index contributed by atoms with van der Waals surface area (Å²) in [6.45, 7) is 6.84. The molecule has 0 radical (unpaired) electrons. The summed E-state index contributed by atoms with van der Waals surface area (Å²) in [6, 6.07) is 29.1. The summed E-state index contributed by atoms with van der Waals surface area (Å²) in [5.74, 6) is 0.0276. The highest BCUT2D eigenvalue weighted by Crippen LogP contribution is 2.35. The first-order chi connectivity index (χ1) is 15.8. The minimum Gasteiger partial charge on any atom is -0.507 e. The van der Waals surface area contributed by atoms with Crippen LogP contribution in [0.3, 0.4) is 0 Å². The van der Waals surface area contributed by atoms with Crippen LogP contribution in [0, 0.1) is 5.82 Å². The molecule has 168 valence electrons. The van der Waals surface area contributed by atoms with E-state index in [4.69, 9.17) is 0 Å². The van der Waals surface area contributed by atoms with Crippen LogP contribution in [-0.2, 0) is 6.54 Å². The number of phenolic OH excluding ortho intramolecular Hbond substituents is 1. The van der Waals surface area contributed by atoms with Crippen LogP contribution >= 0.6 is 8.58 Å². The lowest BCUT2D eigenvalue weighted by molar-refractivity contribution is 0.424. The zero-order valence-electron chi connectivity index (χ0n) is 19.2. The predicted octanol–water partition coefficient (Wildman–Crippen LogP) is 6.38. The molecule has 0 saturated heterocycles. The molecule has 4 aromatic rings. The molecule has 0 heterocycles. The van der Waals surface area contributed by atoms with Crippen LogP contribution in [0.15, 0.2) is 91.0 Å². The molecule has 4 rings (SSSR count). The molecule has 0 bridgehead atoms. The molecule has 2 nitrogen and oxygen atoms in total. The van der Waals surface area contributed by atoms with Crippen LogP contribution < -0.4 is 15.9 Å². The van der Waals surface area contributed by atoms with Gasteiger partial charge in [-0.1, -0.05) is 75.3 Å². The number of benzene rings is 4. The van der Waals surface area contributed by atoms with Crippen LogP contribution in [0.1, 0.15) is 26.3 Å². The lowest BCUT2D eigenvalue weighted by atomic mass is 9.98. The van der Waals surface area contributed by atoms with Crippen molar-refractivity contribution >= 4 is 19.2 Å². The van der Waals surface area contributed by atoms with Gasteiger partial charge in [-0.05, 0) is 72.6 Å². The quantitative estimate of drug-likeness (QED) is 0.329. The Morgan fingerprint density at radius 1 is 0.758 bits per heavy atom. The van der Waals surface area contributed by atoms with Gasteiger partial charge in [0.25, 0.3) is 0 Å². The van der Waals surface area contributed by atoms with Crippen LogP contribution in [0.2, 0.25) is 0 Å². The van der Waals surface area contributed by atoms with Crippen LogP contribution in [-0.4, -0.2) is 10.6 Å². The van der Waals surface area contributed by atoms with E-state index in [1.54, 1.807) is 6.07 Å². The standard InChI is InChI=1S/C29H29FNOP/c1-29(2,3)31-19-23-16-24(30)14-15-26(23)33-27-18-22(20-10-6-4-7-11-20)17-25(28(27)32)21-12-8-5-9-13-21/h4-18,31-33H,19H2,1-3H3. The Labute approximate surface area is 197 Å². The van der Waals surface area contributed by atoms with Gasteiger partial charge in [-0.2, -0.15) is 0 Å². The van der Waals surface area contributed by atoms with Crippen molar-refractivity contribution < 1.29 is 9.50 Å². The normalized spacial score (nSPS) is 11.9. The van der Waals surface area contributed by atoms with E-state index in [0.29, 0.717) is 6.54 Å². The summed E-state index contributed by atoms with van der Waals surface area (Å²) in [4.78, 5) is 0. The molecule has 0 fully saturated rings. The maximum atomic E-state index is 14.1. The fourth-order valence-corrected chi connectivity index (χ4v) is 4.96. The largest absolute Gasteiger partial charge is 0.507 e. The molecule has 1 atom stereocenters. The summed E-state index contributed by atoms with van der Waals surface area (Å²) in [6.07, 6.45) is 0. The Morgan fingerprint density at radius 2 is 1.39 bits per heavy atom. The smallest absolute Gasteiger partial charge is 0.131 e. The average molecular weight is 458 g/mol. The van der Waals surface area contributed by atoms with Crippen LogP contribution in [0.25, 0.3) is 22.3 Å². The molecule has 0 saturated carbocycles. The topological polar surface area (TPSA) is 32.3 Å². The van der Waals surface area contributed by atoms with Gasteiger partial charge in [0.2, 0.25) is 0 Å². The van der Waals surface area contributed by atoms with Gasteiger partial charge >= 0.3 is 0 Å². The second-order valence-corrected chi connectivity index (χ2v) is 10.5. The van der Waals surface area contributed by atoms with Gasteiger partial charge in [-0.3, -0.25) is 0 Å². The molecule has 0 aliphatic carbocycles. The van der Waals surface area contributed by atoms with Gasteiger partial charge in [0.05, 0.1) is 0 Å². The number of nitrogens with one attached hydrogen (secondary N) is 1. The van der Waals surface area contributed by atoms with Crippen LogP contribution in [0.4, 0.5) is 4.39 Å². The predicted molar refractivity (Wildman–Crippen MR) is 140 cm³/mol. The minimum absolute atomic E-state index is 0.0808. The Morgan fingerprint density at radius 3 is 2.03 bits per heavy atom. The molecule has 4 aromatic carbocycles. The van der Waals surface area contributed by atoms with E-state index >= 15 is 0 Å². The third-order valence-corrected chi connectivity index (χ3v) is 6.86. The maximum absolute atomic E-state index is 14.1. The maximum Gasteiger partial charge on any atom is 0.131 e. The lowest BCUT2D eigenvalue weighted by Gasteiger charge is -2.22. The van der Waals surface area contributed by atoms with Crippen molar-refractivity contribution in [3.8, 4) is 28.0 Å². The van der Waals surface area contributed by atoms with Gasteiger partial charge in [0, 0.05) is 23.0 Å². The molecule has 0 aromatic heterocycles. The zero-order valence-corrected chi connectivity index (χ0v) is 20.2.